The fraction of sp³-hybridized carbons (Fsp3) is 0.250. The summed E-state index contributed by atoms with van der Waals surface area (Å²) < 4.78 is 5.07. The Labute approximate surface area is 129 Å². The molecule has 0 aliphatic carbocycles. The van der Waals surface area contributed by atoms with E-state index in [1.54, 1.807) is 6.92 Å². The normalized spacial score (nSPS) is 11.7. The van der Waals surface area contributed by atoms with Gasteiger partial charge < -0.3 is 10.1 Å². The number of nitro groups is 1. The Morgan fingerprint density at radius 1 is 1.55 bits per heavy atom. The second kappa shape index (κ2) is 6.89. The number of amides is 1. The summed E-state index contributed by atoms with van der Waals surface area (Å²) in [5.74, 6) is -0.0621. The maximum atomic E-state index is 12.1. The van der Waals surface area contributed by atoms with E-state index in [-0.39, 0.29) is 17.3 Å². The molecule has 0 radical (unpaired) electrons. The number of nitrogens with zero attached hydrogens (tertiary/aromatic N) is 3. The molecule has 1 aromatic heterocycles. The van der Waals surface area contributed by atoms with Crippen molar-refractivity contribution in [2.24, 2.45) is 0 Å². The molecular formula is C12H13N5O4S. The van der Waals surface area contributed by atoms with Gasteiger partial charge in [-0.15, -0.1) is 0 Å². The van der Waals surface area contributed by atoms with Crippen molar-refractivity contribution in [3.8, 4) is 5.75 Å². The average molecular weight is 323 g/mol. The Morgan fingerprint density at radius 2 is 2.32 bits per heavy atom. The molecule has 22 heavy (non-hydrogen) atoms. The first-order valence-corrected chi connectivity index (χ1v) is 7.04. The number of anilines is 1. The smallest absolute Gasteiger partial charge is 0.273 e. The number of thioether (sulfide) groups is 1. The van der Waals surface area contributed by atoms with Crippen molar-refractivity contribution in [3.63, 3.8) is 0 Å². The van der Waals surface area contributed by atoms with E-state index in [4.69, 9.17) is 4.74 Å². The lowest BCUT2D eigenvalue weighted by atomic mass is 10.2. The third-order valence-electron chi connectivity index (χ3n) is 2.70. The van der Waals surface area contributed by atoms with Crippen LogP contribution in [0.4, 0.5) is 11.4 Å². The summed E-state index contributed by atoms with van der Waals surface area (Å²) in [6.45, 7) is 1.71. The first kappa shape index (κ1) is 15.8. The third kappa shape index (κ3) is 3.73. The topological polar surface area (TPSA) is 123 Å². The second-order valence-electron chi connectivity index (χ2n) is 4.18. The molecule has 0 saturated heterocycles. The minimum absolute atomic E-state index is 0.112. The molecule has 9 nitrogen and oxygen atoms in total. The van der Waals surface area contributed by atoms with Gasteiger partial charge in [-0.2, -0.15) is 5.10 Å². The van der Waals surface area contributed by atoms with Crippen LogP contribution in [0.1, 0.15) is 6.92 Å². The standard InChI is InChI=1S/C12H13N5O4S/c1-7(22-12-13-6-14-16-12)11(18)15-9-4-3-8(17(19)20)5-10(9)21-2/h3-7H,1-2H3,(H,15,18)(H,13,14,16)/t7-/m1/s1. The van der Waals surface area contributed by atoms with Crippen LogP contribution in [0.15, 0.2) is 29.7 Å². The minimum atomic E-state index is -0.531. The zero-order chi connectivity index (χ0) is 16.1. The number of hydrogen-bond acceptors (Lipinski definition) is 7. The van der Waals surface area contributed by atoms with Crippen molar-refractivity contribution in [2.45, 2.75) is 17.3 Å². The van der Waals surface area contributed by atoms with Gasteiger partial charge in [-0.1, -0.05) is 11.8 Å². The van der Waals surface area contributed by atoms with Crippen molar-refractivity contribution >= 4 is 29.0 Å². The van der Waals surface area contributed by atoms with Gasteiger partial charge in [0.1, 0.15) is 12.1 Å². The number of methoxy groups -OCH3 is 1. The Balaban J connectivity index is 2.09. The first-order chi connectivity index (χ1) is 10.5. The minimum Gasteiger partial charge on any atom is -0.494 e. The van der Waals surface area contributed by atoms with E-state index >= 15 is 0 Å². The maximum Gasteiger partial charge on any atom is 0.273 e. The van der Waals surface area contributed by atoms with Gasteiger partial charge in [-0.3, -0.25) is 20.0 Å². The monoisotopic (exact) mass is 323 g/mol. The number of carbonyl (C=O) groups is 1. The van der Waals surface area contributed by atoms with E-state index in [1.807, 2.05) is 0 Å². The number of non-ortho nitro benzene ring substituents is 1. The van der Waals surface area contributed by atoms with Crippen molar-refractivity contribution in [1.82, 2.24) is 15.2 Å². The number of hydrogen-bond donors (Lipinski definition) is 2. The van der Waals surface area contributed by atoms with Gasteiger partial charge in [0, 0.05) is 6.07 Å². The largest absolute Gasteiger partial charge is 0.494 e. The van der Waals surface area contributed by atoms with Gasteiger partial charge in [-0.05, 0) is 13.0 Å². The molecule has 0 aliphatic heterocycles. The Kier molecular flexibility index (Phi) is 4.94. The molecule has 2 rings (SSSR count). The average Bonchev–Trinajstić information content (AvgIpc) is 3.00. The Bertz CT molecular complexity index is 676. The summed E-state index contributed by atoms with van der Waals surface area (Å²) in [4.78, 5) is 26.3. The zero-order valence-corrected chi connectivity index (χ0v) is 12.6. The van der Waals surface area contributed by atoms with Gasteiger partial charge in [0.25, 0.3) is 5.69 Å². The van der Waals surface area contributed by atoms with Gasteiger partial charge in [-0.25, -0.2) is 4.98 Å². The van der Waals surface area contributed by atoms with Crippen LogP contribution in [0.5, 0.6) is 5.75 Å². The molecule has 1 atom stereocenters. The molecular weight excluding hydrogens is 310 g/mol. The van der Waals surface area contributed by atoms with Gasteiger partial charge in [0.2, 0.25) is 5.91 Å². The van der Waals surface area contributed by atoms with Crippen LogP contribution in [0.3, 0.4) is 0 Å². The van der Waals surface area contributed by atoms with Crippen molar-refractivity contribution in [1.29, 1.82) is 0 Å². The molecule has 0 aliphatic rings. The maximum absolute atomic E-state index is 12.1. The first-order valence-electron chi connectivity index (χ1n) is 6.16. The summed E-state index contributed by atoms with van der Waals surface area (Å²) in [5, 5.41) is 19.8. The number of carbonyl (C=O) groups excluding carboxylic acids is 1. The molecule has 116 valence electrons. The van der Waals surface area contributed by atoms with Crippen molar-refractivity contribution in [3.05, 3.63) is 34.6 Å². The van der Waals surface area contributed by atoms with Crippen LogP contribution in [0.25, 0.3) is 0 Å². The fourth-order valence-electron chi connectivity index (χ4n) is 1.60. The highest BCUT2D eigenvalue weighted by Crippen LogP contribution is 2.30. The number of rotatable bonds is 6. The highest BCUT2D eigenvalue weighted by atomic mass is 32.2. The summed E-state index contributed by atoms with van der Waals surface area (Å²) in [7, 11) is 1.38. The fourth-order valence-corrected chi connectivity index (χ4v) is 2.32. The number of aromatic amines is 1. The molecule has 0 spiro atoms. The van der Waals surface area contributed by atoms with E-state index in [0.29, 0.717) is 10.8 Å². The highest BCUT2D eigenvalue weighted by molar-refractivity contribution is 8.00. The van der Waals surface area contributed by atoms with Crippen LogP contribution in [0, 0.1) is 10.1 Å². The number of aromatic nitrogens is 3. The molecule has 2 N–H and O–H groups in total. The van der Waals surface area contributed by atoms with E-state index in [1.165, 1.54) is 43.4 Å². The number of benzene rings is 1. The molecule has 0 saturated carbocycles. The highest BCUT2D eigenvalue weighted by Gasteiger charge is 2.19. The summed E-state index contributed by atoms with van der Waals surface area (Å²) in [6.07, 6.45) is 1.35. The van der Waals surface area contributed by atoms with Gasteiger partial charge in [0.15, 0.2) is 5.16 Å². The molecule has 2 aromatic rings. The number of H-pyrrole nitrogens is 1. The third-order valence-corrected chi connectivity index (χ3v) is 3.69. The quantitative estimate of drug-likeness (QED) is 0.472. The van der Waals surface area contributed by atoms with E-state index in [0.717, 1.165) is 0 Å². The van der Waals surface area contributed by atoms with Crippen LogP contribution < -0.4 is 10.1 Å². The van der Waals surface area contributed by atoms with E-state index in [9.17, 15) is 14.9 Å². The van der Waals surface area contributed by atoms with Gasteiger partial charge >= 0.3 is 0 Å². The molecule has 0 fully saturated rings. The zero-order valence-electron chi connectivity index (χ0n) is 11.8. The lowest BCUT2D eigenvalue weighted by molar-refractivity contribution is -0.384. The van der Waals surface area contributed by atoms with Crippen molar-refractivity contribution in [2.75, 3.05) is 12.4 Å². The van der Waals surface area contributed by atoms with Crippen LogP contribution >= 0.6 is 11.8 Å². The molecule has 10 heteroatoms. The number of nitrogens with one attached hydrogen (secondary N) is 2. The van der Waals surface area contributed by atoms with Crippen LogP contribution in [-0.4, -0.2) is 38.4 Å². The number of nitro benzene ring substituents is 1. The lowest BCUT2D eigenvalue weighted by Gasteiger charge is -2.13. The van der Waals surface area contributed by atoms with Crippen molar-refractivity contribution < 1.29 is 14.5 Å². The van der Waals surface area contributed by atoms with Gasteiger partial charge in [0.05, 0.1) is 29.0 Å². The SMILES string of the molecule is COc1cc([N+](=O)[O-])ccc1NC(=O)[C@@H](C)Sc1ncn[nH]1. The van der Waals surface area contributed by atoms with Crippen LogP contribution in [-0.2, 0) is 4.79 Å². The van der Waals surface area contributed by atoms with E-state index < -0.39 is 10.2 Å². The summed E-state index contributed by atoms with van der Waals surface area (Å²) in [6, 6.07) is 3.98. The van der Waals surface area contributed by atoms with E-state index in [2.05, 4.69) is 20.5 Å². The molecule has 1 aromatic carbocycles. The summed E-state index contributed by atoms with van der Waals surface area (Å²) >= 11 is 1.21. The molecule has 0 unspecified atom stereocenters. The lowest BCUT2D eigenvalue weighted by Crippen LogP contribution is -2.22. The molecule has 1 heterocycles. The predicted octanol–water partition coefficient (Wildman–Crippen LogP) is 1.84. The Morgan fingerprint density at radius 3 is 2.91 bits per heavy atom. The predicted molar refractivity (Wildman–Crippen MR) is 80.0 cm³/mol. The summed E-state index contributed by atoms with van der Waals surface area (Å²) in [5.41, 5.74) is 0.252. The van der Waals surface area contributed by atoms with Crippen LogP contribution in [0.2, 0.25) is 0 Å². The Hall–Kier alpha value is -2.62. The second-order valence-corrected chi connectivity index (χ2v) is 5.51. The molecule has 0 bridgehead atoms. The molecule has 1 amide bonds. The number of ether oxygens (including phenoxy) is 1.